The van der Waals surface area contributed by atoms with Crippen LogP contribution in [0.4, 0.5) is 5.82 Å². The minimum Gasteiger partial charge on any atom is -0.479 e. The molecule has 116 valence electrons. The summed E-state index contributed by atoms with van der Waals surface area (Å²) in [5.74, 6) is -0.148. The number of amides is 2. The molecule has 0 unspecified atom stereocenters. The van der Waals surface area contributed by atoms with Gasteiger partial charge in [-0.1, -0.05) is 6.07 Å². The largest absolute Gasteiger partial charge is 0.479 e. The first-order valence-electron chi connectivity index (χ1n) is 6.59. The maximum absolute atomic E-state index is 12.0. The van der Waals surface area contributed by atoms with Crippen LogP contribution < -0.4 is 15.4 Å². The fraction of sp³-hybridized carbons (Fsp3) is 0.286. The maximum Gasteiger partial charge on any atom is 0.258 e. The van der Waals surface area contributed by atoms with Gasteiger partial charge in [0.1, 0.15) is 11.4 Å². The quantitative estimate of drug-likeness (QED) is 0.838. The molecule has 0 saturated heterocycles. The van der Waals surface area contributed by atoms with Gasteiger partial charge in [-0.05, 0) is 19.1 Å². The molecule has 2 rings (SSSR count). The van der Waals surface area contributed by atoms with Crippen LogP contribution in [0.5, 0.6) is 5.88 Å². The predicted octanol–water partition coefficient (Wildman–Crippen LogP) is 0.501. The third-order valence-electron chi connectivity index (χ3n) is 2.80. The second kappa shape index (κ2) is 6.70. The molecule has 0 aromatic carbocycles. The highest BCUT2D eigenvalue weighted by atomic mass is 16.5. The molecule has 0 radical (unpaired) electrons. The fourth-order valence-corrected chi connectivity index (χ4v) is 1.83. The van der Waals surface area contributed by atoms with E-state index in [1.165, 1.54) is 18.0 Å². The maximum atomic E-state index is 12.0. The van der Waals surface area contributed by atoms with Crippen LogP contribution in [0.2, 0.25) is 0 Å². The molecular weight excluding hydrogens is 286 g/mol. The van der Waals surface area contributed by atoms with E-state index in [1.54, 1.807) is 19.2 Å². The third kappa shape index (κ3) is 3.81. The van der Waals surface area contributed by atoms with Gasteiger partial charge in [-0.3, -0.25) is 14.3 Å². The Balaban J connectivity index is 1.92. The Labute approximate surface area is 127 Å². The molecule has 0 fully saturated rings. The van der Waals surface area contributed by atoms with E-state index in [9.17, 15) is 9.59 Å². The van der Waals surface area contributed by atoms with Gasteiger partial charge in [0.05, 0.1) is 13.7 Å². The number of anilines is 1. The number of methoxy groups -OCH3 is 1. The van der Waals surface area contributed by atoms with E-state index in [1.807, 2.05) is 13.0 Å². The van der Waals surface area contributed by atoms with Gasteiger partial charge in [0.25, 0.3) is 5.91 Å². The van der Waals surface area contributed by atoms with Crippen molar-refractivity contribution in [2.75, 3.05) is 19.0 Å². The molecule has 2 aromatic heterocycles. The van der Waals surface area contributed by atoms with Gasteiger partial charge >= 0.3 is 0 Å². The molecule has 0 spiro atoms. The van der Waals surface area contributed by atoms with Crippen molar-refractivity contribution in [3.05, 3.63) is 35.7 Å². The van der Waals surface area contributed by atoms with Crippen LogP contribution in [-0.4, -0.2) is 40.2 Å². The molecule has 2 heterocycles. The number of aryl methyl sites for hydroxylation is 2. The molecule has 2 N–H and O–H groups in total. The Morgan fingerprint density at radius 2 is 2.14 bits per heavy atom. The lowest BCUT2D eigenvalue weighted by atomic mass is 10.3. The first-order chi connectivity index (χ1) is 10.5. The van der Waals surface area contributed by atoms with E-state index in [4.69, 9.17) is 4.74 Å². The summed E-state index contributed by atoms with van der Waals surface area (Å²) in [4.78, 5) is 28.0. The molecule has 0 bridgehead atoms. The third-order valence-corrected chi connectivity index (χ3v) is 2.80. The predicted molar refractivity (Wildman–Crippen MR) is 79.7 cm³/mol. The summed E-state index contributed by atoms with van der Waals surface area (Å²) in [6.07, 6.45) is 1.52. The highest BCUT2D eigenvalue weighted by Crippen LogP contribution is 2.14. The average molecular weight is 303 g/mol. The van der Waals surface area contributed by atoms with Crippen molar-refractivity contribution in [1.82, 2.24) is 20.1 Å². The number of rotatable bonds is 5. The second-order valence-electron chi connectivity index (χ2n) is 4.62. The zero-order valence-electron chi connectivity index (χ0n) is 12.6. The standard InChI is InChI=1S/C14H17N5O3/c1-9-5-4-6-11(16-9)17-12(20)7-15-13(21)10-8-19(2)18-14(10)22-3/h4-6,8H,7H2,1-3H3,(H,15,21)(H,16,17,20). The molecule has 0 atom stereocenters. The molecule has 8 heteroatoms. The van der Waals surface area contributed by atoms with Crippen molar-refractivity contribution in [1.29, 1.82) is 0 Å². The minimum atomic E-state index is -0.433. The molecular formula is C14H17N5O3. The van der Waals surface area contributed by atoms with Crippen LogP contribution in [0.1, 0.15) is 16.1 Å². The van der Waals surface area contributed by atoms with E-state index in [0.717, 1.165) is 5.69 Å². The van der Waals surface area contributed by atoms with Crippen LogP contribution in [-0.2, 0) is 11.8 Å². The SMILES string of the molecule is COc1nn(C)cc1C(=O)NCC(=O)Nc1cccc(C)n1. The van der Waals surface area contributed by atoms with Crippen LogP contribution in [0, 0.1) is 6.92 Å². The average Bonchev–Trinajstić information content (AvgIpc) is 2.86. The lowest BCUT2D eigenvalue weighted by Crippen LogP contribution is -2.33. The van der Waals surface area contributed by atoms with Crippen LogP contribution in [0.15, 0.2) is 24.4 Å². The molecule has 0 aliphatic heterocycles. The van der Waals surface area contributed by atoms with Gasteiger partial charge in [-0.15, -0.1) is 5.10 Å². The van der Waals surface area contributed by atoms with Gasteiger partial charge in [0.15, 0.2) is 0 Å². The molecule has 0 aliphatic carbocycles. The van der Waals surface area contributed by atoms with Crippen molar-refractivity contribution < 1.29 is 14.3 Å². The molecule has 0 saturated carbocycles. The lowest BCUT2D eigenvalue weighted by molar-refractivity contribution is -0.115. The molecule has 22 heavy (non-hydrogen) atoms. The lowest BCUT2D eigenvalue weighted by Gasteiger charge is -2.06. The van der Waals surface area contributed by atoms with E-state index in [0.29, 0.717) is 5.82 Å². The Morgan fingerprint density at radius 1 is 1.36 bits per heavy atom. The first kappa shape index (κ1) is 15.5. The van der Waals surface area contributed by atoms with Crippen molar-refractivity contribution >= 4 is 17.6 Å². The number of ether oxygens (including phenoxy) is 1. The number of nitrogens with zero attached hydrogens (tertiary/aromatic N) is 3. The fourth-order valence-electron chi connectivity index (χ4n) is 1.83. The second-order valence-corrected chi connectivity index (χ2v) is 4.62. The topological polar surface area (TPSA) is 98.1 Å². The normalized spacial score (nSPS) is 10.1. The summed E-state index contributed by atoms with van der Waals surface area (Å²) in [6.45, 7) is 1.65. The highest BCUT2D eigenvalue weighted by Gasteiger charge is 2.17. The van der Waals surface area contributed by atoms with E-state index in [2.05, 4.69) is 20.7 Å². The number of carbonyl (C=O) groups is 2. The molecule has 2 amide bonds. The Bertz CT molecular complexity index is 696. The summed E-state index contributed by atoms with van der Waals surface area (Å²) in [6, 6.07) is 5.29. The van der Waals surface area contributed by atoms with Crippen LogP contribution in [0.3, 0.4) is 0 Å². The molecule has 8 nitrogen and oxygen atoms in total. The number of nitrogens with one attached hydrogen (secondary N) is 2. The van der Waals surface area contributed by atoms with Crippen molar-refractivity contribution in [2.45, 2.75) is 6.92 Å². The summed E-state index contributed by atoms with van der Waals surface area (Å²) in [5, 5.41) is 9.09. The van der Waals surface area contributed by atoms with Gasteiger partial charge in [-0.25, -0.2) is 4.98 Å². The molecule has 2 aromatic rings. The monoisotopic (exact) mass is 303 g/mol. The number of aromatic nitrogens is 3. The Kier molecular flexibility index (Phi) is 4.72. The minimum absolute atomic E-state index is 0.174. The van der Waals surface area contributed by atoms with Crippen LogP contribution in [0.25, 0.3) is 0 Å². The van der Waals surface area contributed by atoms with Crippen molar-refractivity contribution in [2.24, 2.45) is 7.05 Å². The zero-order valence-corrected chi connectivity index (χ0v) is 12.6. The molecule has 0 aliphatic rings. The van der Waals surface area contributed by atoms with E-state index < -0.39 is 5.91 Å². The smallest absolute Gasteiger partial charge is 0.258 e. The van der Waals surface area contributed by atoms with Gasteiger partial charge in [0.2, 0.25) is 11.8 Å². The van der Waals surface area contributed by atoms with E-state index in [-0.39, 0.29) is 23.9 Å². The van der Waals surface area contributed by atoms with E-state index >= 15 is 0 Å². The van der Waals surface area contributed by atoms with Crippen molar-refractivity contribution in [3.8, 4) is 5.88 Å². The summed E-state index contributed by atoms with van der Waals surface area (Å²) in [5.41, 5.74) is 1.06. The number of hydrogen-bond acceptors (Lipinski definition) is 5. The summed E-state index contributed by atoms with van der Waals surface area (Å²) >= 11 is 0. The summed E-state index contributed by atoms with van der Waals surface area (Å²) in [7, 11) is 3.10. The zero-order chi connectivity index (χ0) is 16.1. The Morgan fingerprint density at radius 3 is 2.82 bits per heavy atom. The Hall–Kier alpha value is -2.90. The number of hydrogen-bond donors (Lipinski definition) is 2. The van der Waals surface area contributed by atoms with Gasteiger partial charge < -0.3 is 15.4 Å². The van der Waals surface area contributed by atoms with Crippen LogP contribution >= 0.6 is 0 Å². The van der Waals surface area contributed by atoms with Gasteiger partial charge in [-0.2, -0.15) is 0 Å². The summed E-state index contributed by atoms with van der Waals surface area (Å²) < 4.78 is 6.46. The number of carbonyl (C=O) groups excluding carboxylic acids is 2. The van der Waals surface area contributed by atoms with Gasteiger partial charge in [0, 0.05) is 18.9 Å². The number of pyridine rings is 1. The first-order valence-corrected chi connectivity index (χ1v) is 6.59. The van der Waals surface area contributed by atoms with Crippen molar-refractivity contribution in [3.63, 3.8) is 0 Å². The highest BCUT2D eigenvalue weighted by molar-refractivity contribution is 6.00.